The molecule has 0 bridgehead atoms. The van der Waals surface area contributed by atoms with Crippen LogP contribution >= 0.6 is 23.2 Å². The molecular formula is C19H28Cl2N4O3S. The lowest BCUT2D eigenvalue weighted by molar-refractivity contribution is -0.138. The summed E-state index contributed by atoms with van der Waals surface area (Å²) in [6.45, 7) is 9.97. The highest BCUT2D eigenvalue weighted by atomic mass is 35.5. The molecule has 0 radical (unpaired) electrons. The molecule has 3 rings (SSSR count). The number of carbonyl (C=O) groups excluding carboxylic acids is 1. The number of amides is 1. The molecule has 1 aromatic rings. The van der Waals surface area contributed by atoms with Gasteiger partial charge < -0.3 is 9.80 Å². The molecule has 2 aliphatic rings. The number of hydrogen-bond donors (Lipinski definition) is 0. The molecule has 2 fully saturated rings. The summed E-state index contributed by atoms with van der Waals surface area (Å²) in [6, 6.07) is 4.35. The standard InChI is InChI=1S/C19H28Cl2N4O3S/c1-3-22-7-9-24(10-8-22)19(26)15(2)23-11-13-25(14-12-23)29(27,28)17-6-4-5-16(20)18(17)21/h4-6,15H,3,7-14H2,1-2H3/t15-/m0/s1. The molecule has 0 aromatic heterocycles. The number of benzene rings is 1. The lowest BCUT2D eigenvalue weighted by atomic mass is 10.2. The van der Waals surface area contributed by atoms with Crippen molar-refractivity contribution in [2.24, 2.45) is 0 Å². The van der Waals surface area contributed by atoms with Crippen LogP contribution in [0.5, 0.6) is 0 Å². The number of rotatable bonds is 5. The van der Waals surface area contributed by atoms with E-state index in [0.29, 0.717) is 26.2 Å². The predicted octanol–water partition coefficient (Wildman–Crippen LogP) is 1.85. The first-order valence-corrected chi connectivity index (χ1v) is 12.1. The monoisotopic (exact) mass is 462 g/mol. The Morgan fingerprint density at radius 2 is 1.66 bits per heavy atom. The fraction of sp³-hybridized carbons (Fsp3) is 0.632. The summed E-state index contributed by atoms with van der Waals surface area (Å²) in [5, 5.41) is 0.264. The van der Waals surface area contributed by atoms with Crippen molar-refractivity contribution < 1.29 is 13.2 Å². The Labute approximate surface area is 183 Å². The third kappa shape index (κ3) is 4.89. The van der Waals surface area contributed by atoms with Gasteiger partial charge in [-0.15, -0.1) is 0 Å². The van der Waals surface area contributed by atoms with Crippen LogP contribution in [-0.4, -0.2) is 98.3 Å². The van der Waals surface area contributed by atoms with Crippen LogP contribution in [-0.2, 0) is 14.8 Å². The average Bonchev–Trinajstić information content (AvgIpc) is 2.74. The van der Waals surface area contributed by atoms with E-state index in [2.05, 4.69) is 16.7 Å². The van der Waals surface area contributed by atoms with Gasteiger partial charge in [-0.05, 0) is 25.6 Å². The average molecular weight is 463 g/mol. The molecule has 0 aliphatic carbocycles. The van der Waals surface area contributed by atoms with Crippen LogP contribution in [0.25, 0.3) is 0 Å². The zero-order valence-corrected chi connectivity index (χ0v) is 19.2. The van der Waals surface area contributed by atoms with Gasteiger partial charge in [0.15, 0.2) is 0 Å². The van der Waals surface area contributed by atoms with E-state index in [1.165, 1.54) is 10.4 Å². The molecule has 29 heavy (non-hydrogen) atoms. The van der Waals surface area contributed by atoms with Gasteiger partial charge in [-0.3, -0.25) is 9.69 Å². The van der Waals surface area contributed by atoms with Gasteiger partial charge in [0.25, 0.3) is 0 Å². The maximum Gasteiger partial charge on any atom is 0.244 e. The van der Waals surface area contributed by atoms with Gasteiger partial charge in [0.2, 0.25) is 15.9 Å². The molecule has 1 amide bonds. The third-order valence-electron chi connectivity index (χ3n) is 5.84. The van der Waals surface area contributed by atoms with E-state index in [-0.39, 0.29) is 26.9 Å². The molecule has 2 heterocycles. The second kappa shape index (κ2) is 9.49. The van der Waals surface area contributed by atoms with Crippen LogP contribution in [0.2, 0.25) is 10.0 Å². The van der Waals surface area contributed by atoms with E-state index in [9.17, 15) is 13.2 Å². The normalized spacial score (nSPS) is 21.3. The number of hydrogen-bond acceptors (Lipinski definition) is 5. The number of sulfonamides is 1. The lowest BCUT2D eigenvalue weighted by Crippen LogP contribution is -2.57. The van der Waals surface area contributed by atoms with Crippen LogP contribution in [0.3, 0.4) is 0 Å². The van der Waals surface area contributed by atoms with Gasteiger partial charge in [-0.1, -0.05) is 36.2 Å². The minimum absolute atomic E-state index is 0.0260. The molecule has 2 aliphatic heterocycles. The van der Waals surface area contributed by atoms with Crippen molar-refractivity contribution >= 4 is 39.1 Å². The van der Waals surface area contributed by atoms with Crippen molar-refractivity contribution in [1.82, 2.24) is 19.0 Å². The summed E-state index contributed by atoms with van der Waals surface area (Å²) in [5.41, 5.74) is 0. The second-order valence-electron chi connectivity index (χ2n) is 7.43. The Kier molecular flexibility index (Phi) is 7.46. The molecule has 0 spiro atoms. The first-order chi connectivity index (χ1) is 13.8. The van der Waals surface area contributed by atoms with Gasteiger partial charge in [0.05, 0.1) is 16.1 Å². The van der Waals surface area contributed by atoms with E-state index in [1.54, 1.807) is 12.1 Å². The topological polar surface area (TPSA) is 64.2 Å². The molecule has 0 unspecified atom stereocenters. The largest absolute Gasteiger partial charge is 0.339 e. The van der Waals surface area contributed by atoms with Crippen LogP contribution in [0.15, 0.2) is 23.1 Å². The quantitative estimate of drug-likeness (QED) is 0.667. The maximum atomic E-state index is 13.0. The van der Waals surface area contributed by atoms with E-state index >= 15 is 0 Å². The van der Waals surface area contributed by atoms with Crippen molar-refractivity contribution in [1.29, 1.82) is 0 Å². The van der Waals surface area contributed by atoms with Crippen molar-refractivity contribution in [2.75, 3.05) is 58.9 Å². The highest BCUT2D eigenvalue weighted by molar-refractivity contribution is 7.89. The SMILES string of the molecule is CCN1CCN(C(=O)[C@H](C)N2CCN(S(=O)(=O)c3cccc(Cl)c3Cl)CC2)CC1. The highest BCUT2D eigenvalue weighted by Gasteiger charge is 2.34. The van der Waals surface area contributed by atoms with Crippen molar-refractivity contribution in [3.8, 4) is 0 Å². The van der Waals surface area contributed by atoms with Crippen molar-refractivity contribution in [3.05, 3.63) is 28.2 Å². The summed E-state index contributed by atoms with van der Waals surface area (Å²) in [6.07, 6.45) is 0. The van der Waals surface area contributed by atoms with E-state index < -0.39 is 10.0 Å². The molecule has 1 aromatic carbocycles. The van der Waals surface area contributed by atoms with Gasteiger partial charge in [-0.25, -0.2) is 8.42 Å². The number of nitrogens with zero attached hydrogens (tertiary/aromatic N) is 4. The first-order valence-electron chi connectivity index (χ1n) is 9.95. The van der Waals surface area contributed by atoms with Crippen LogP contribution in [0.4, 0.5) is 0 Å². The molecule has 0 N–H and O–H groups in total. The number of halogens is 2. The lowest BCUT2D eigenvalue weighted by Gasteiger charge is -2.40. The van der Waals surface area contributed by atoms with Gasteiger partial charge in [0, 0.05) is 52.4 Å². The second-order valence-corrected chi connectivity index (χ2v) is 10.1. The van der Waals surface area contributed by atoms with Crippen molar-refractivity contribution in [2.45, 2.75) is 24.8 Å². The maximum absolute atomic E-state index is 13.0. The number of carbonyl (C=O) groups is 1. The summed E-state index contributed by atoms with van der Waals surface area (Å²) >= 11 is 12.1. The smallest absolute Gasteiger partial charge is 0.244 e. The Morgan fingerprint density at radius 1 is 1.03 bits per heavy atom. The molecule has 0 saturated carbocycles. The zero-order chi connectivity index (χ0) is 21.2. The molecule has 10 heteroatoms. The Balaban J connectivity index is 1.60. The summed E-state index contributed by atoms with van der Waals surface area (Å²) in [7, 11) is -3.72. The Hall–Kier alpha value is -0.900. The molecule has 162 valence electrons. The molecule has 2 saturated heterocycles. The zero-order valence-electron chi connectivity index (χ0n) is 16.9. The van der Waals surface area contributed by atoms with E-state index in [1.807, 2.05) is 11.8 Å². The van der Waals surface area contributed by atoms with Crippen LogP contribution < -0.4 is 0 Å². The number of piperazine rings is 2. The minimum atomic E-state index is -3.72. The van der Waals surface area contributed by atoms with Crippen molar-refractivity contribution in [3.63, 3.8) is 0 Å². The number of likely N-dealkylation sites (N-methyl/N-ethyl adjacent to an activating group) is 1. The summed E-state index contributed by atoms with van der Waals surface area (Å²) in [5.74, 6) is 0.120. The Morgan fingerprint density at radius 3 is 2.24 bits per heavy atom. The molecule has 7 nitrogen and oxygen atoms in total. The van der Waals surface area contributed by atoms with E-state index in [4.69, 9.17) is 23.2 Å². The summed E-state index contributed by atoms with van der Waals surface area (Å²) < 4.78 is 27.3. The van der Waals surface area contributed by atoms with Gasteiger partial charge in [-0.2, -0.15) is 4.31 Å². The van der Waals surface area contributed by atoms with Gasteiger partial charge >= 0.3 is 0 Å². The third-order valence-corrected chi connectivity index (χ3v) is 8.72. The minimum Gasteiger partial charge on any atom is -0.339 e. The van der Waals surface area contributed by atoms with Crippen LogP contribution in [0, 0.1) is 0 Å². The van der Waals surface area contributed by atoms with Gasteiger partial charge in [0.1, 0.15) is 4.90 Å². The van der Waals surface area contributed by atoms with E-state index in [0.717, 1.165) is 32.7 Å². The first kappa shape index (κ1) is 22.8. The predicted molar refractivity (Wildman–Crippen MR) is 115 cm³/mol. The fourth-order valence-corrected chi connectivity index (χ4v) is 6.02. The van der Waals surface area contributed by atoms with Crippen LogP contribution in [0.1, 0.15) is 13.8 Å². The highest BCUT2D eigenvalue weighted by Crippen LogP contribution is 2.31. The Bertz CT molecular complexity index is 836. The molecule has 1 atom stereocenters. The molecular weight excluding hydrogens is 435 g/mol. The fourth-order valence-electron chi connectivity index (χ4n) is 3.86. The summed E-state index contributed by atoms with van der Waals surface area (Å²) in [4.78, 5) is 19.2.